The number of ether oxygens (including phenoxy) is 4. The van der Waals surface area contributed by atoms with Crippen molar-refractivity contribution in [3.05, 3.63) is 32.6 Å². The first-order valence-corrected chi connectivity index (χ1v) is 9.00. The van der Waals surface area contributed by atoms with E-state index < -0.39 is 11.9 Å². The third-order valence-electron chi connectivity index (χ3n) is 3.05. The summed E-state index contributed by atoms with van der Waals surface area (Å²) in [5, 5.41) is 3.57. The summed E-state index contributed by atoms with van der Waals surface area (Å²) in [6, 6.07) is 3.50. The third-order valence-corrected chi connectivity index (χ3v) is 4.81. The summed E-state index contributed by atoms with van der Waals surface area (Å²) in [4.78, 5) is 24.0. The summed E-state index contributed by atoms with van der Waals surface area (Å²) < 4.78 is 20.6. The molecule has 0 fully saturated rings. The lowest BCUT2D eigenvalue weighted by molar-refractivity contribution is 0.0592. The summed E-state index contributed by atoms with van der Waals surface area (Å²) in [5.74, 6) is 0.296. The molecular formula is C16H18O6S2. The molecule has 0 bridgehead atoms. The van der Waals surface area contributed by atoms with Gasteiger partial charge in [0.15, 0.2) is 9.75 Å². The number of carbonyl (C=O) groups is 2. The van der Waals surface area contributed by atoms with Gasteiger partial charge in [-0.1, -0.05) is 0 Å². The molecule has 24 heavy (non-hydrogen) atoms. The number of rotatable bonds is 9. The molecule has 0 aliphatic rings. The highest BCUT2D eigenvalue weighted by atomic mass is 32.1. The Hall–Kier alpha value is -2.06. The molecule has 130 valence electrons. The second-order valence-corrected chi connectivity index (χ2v) is 6.45. The van der Waals surface area contributed by atoms with E-state index in [1.54, 1.807) is 22.9 Å². The maximum absolute atomic E-state index is 11.5. The SMILES string of the molecule is COC(=O)c1sccc1OCCCCOc1ccsc1C(=O)OC. The van der Waals surface area contributed by atoms with Crippen molar-refractivity contribution in [1.29, 1.82) is 0 Å². The Labute approximate surface area is 147 Å². The van der Waals surface area contributed by atoms with Gasteiger partial charge in [0, 0.05) is 0 Å². The van der Waals surface area contributed by atoms with E-state index in [4.69, 9.17) is 18.9 Å². The third kappa shape index (κ3) is 4.72. The standard InChI is InChI=1S/C16H18O6S2/c1-19-15(17)13-11(5-9-23-13)21-7-3-4-8-22-12-6-10-24-14(12)16(18)20-2/h5-6,9-10H,3-4,7-8H2,1-2H3. The van der Waals surface area contributed by atoms with Gasteiger partial charge in [-0.25, -0.2) is 9.59 Å². The average molecular weight is 370 g/mol. The number of unbranched alkanes of at least 4 members (excludes halogenated alkanes) is 1. The molecule has 0 atom stereocenters. The first-order chi connectivity index (χ1) is 11.7. The predicted molar refractivity (Wildman–Crippen MR) is 91.5 cm³/mol. The van der Waals surface area contributed by atoms with Crippen molar-refractivity contribution in [2.45, 2.75) is 12.8 Å². The van der Waals surface area contributed by atoms with Gasteiger partial charge < -0.3 is 18.9 Å². The van der Waals surface area contributed by atoms with Gasteiger partial charge in [-0.05, 0) is 35.7 Å². The Morgan fingerprint density at radius 2 is 1.25 bits per heavy atom. The zero-order valence-electron chi connectivity index (χ0n) is 13.4. The maximum Gasteiger partial charge on any atom is 0.351 e. The zero-order valence-corrected chi connectivity index (χ0v) is 15.0. The van der Waals surface area contributed by atoms with Crippen molar-refractivity contribution < 1.29 is 28.5 Å². The average Bonchev–Trinajstić information content (AvgIpc) is 3.25. The molecule has 6 nitrogen and oxygen atoms in total. The highest BCUT2D eigenvalue weighted by Gasteiger charge is 2.15. The van der Waals surface area contributed by atoms with E-state index in [1.165, 1.54) is 36.9 Å². The topological polar surface area (TPSA) is 71.1 Å². The fourth-order valence-electron chi connectivity index (χ4n) is 1.87. The highest BCUT2D eigenvalue weighted by Crippen LogP contribution is 2.27. The first-order valence-electron chi connectivity index (χ1n) is 7.24. The number of carbonyl (C=O) groups excluding carboxylic acids is 2. The Bertz CT molecular complexity index is 617. The Balaban J connectivity index is 1.69. The van der Waals surface area contributed by atoms with E-state index in [0.29, 0.717) is 34.5 Å². The van der Waals surface area contributed by atoms with Gasteiger partial charge in [0.1, 0.15) is 11.5 Å². The number of thiophene rings is 2. The molecule has 2 heterocycles. The minimum Gasteiger partial charge on any atom is -0.492 e. The van der Waals surface area contributed by atoms with Gasteiger partial charge in [0.2, 0.25) is 0 Å². The van der Waals surface area contributed by atoms with E-state index in [9.17, 15) is 9.59 Å². The molecule has 0 unspecified atom stereocenters. The Morgan fingerprint density at radius 1 is 0.833 bits per heavy atom. The number of esters is 2. The van der Waals surface area contributed by atoms with E-state index in [-0.39, 0.29) is 0 Å². The van der Waals surface area contributed by atoms with Gasteiger partial charge in [-0.2, -0.15) is 0 Å². The first kappa shape index (κ1) is 18.3. The van der Waals surface area contributed by atoms with Crippen LogP contribution in [0.2, 0.25) is 0 Å². The molecule has 0 aliphatic heterocycles. The van der Waals surface area contributed by atoms with Crippen LogP contribution in [0.15, 0.2) is 22.9 Å². The van der Waals surface area contributed by atoms with Gasteiger partial charge in [-0.15, -0.1) is 22.7 Å². The smallest absolute Gasteiger partial charge is 0.351 e. The summed E-state index contributed by atoms with van der Waals surface area (Å²) >= 11 is 2.58. The molecule has 2 aromatic heterocycles. The van der Waals surface area contributed by atoms with Crippen LogP contribution >= 0.6 is 22.7 Å². The molecule has 0 spiro atoms. The molecule has 8 heteroatoms. The lowest BCUT2D eigenvalue weighted by Crippen LogP contribution is -2.06. The molecule has 2 aromatic rings. The van der Waals surface area contributed by atoms with Crippen LogP contribution in [0.25, 0.3) is 0 Å². The monoisotopic (exact) mass is 370 g/mol. The summed E-state index contributed by atoms with van der Waals surface area (Å²) in [6.45, 7) is 0.940. The molecule has 0 amide bonds. The maximum atomic E-state index is 11.5. The van der Waals surface area contributed by atoms with E-state index in [1.807, 2.05) is 0 Å². The lowest BCUT2D eigenvalue weighted by Gasteiger charge is -2.08. The fourth-order valence-corrected chi connectivity index (χ4v) is 3.37. The molecule has 0 aliphatic carbocycles. The Kier molecular flexibility index (Phi) is 7.07. The minimum atomic E-state index is -0.392. The number of hydrogen-bond donors (Lipinski definition) is 0. The second-order valence-electron chi connectivity index (χ2n) is 4.62. The van der Waals surface area contributed by atoms with Crippen molar-refractivity contribution in [2.75, 3.05) is 27.4 Å². The fraction of sp³-hybridized carbons (Fsp3) is 0.375. The predicted octanol–water partition coefficient (Wildman–Crippen LogP) is 3.62. The Morgan fingerprint density at radius 3 is 1.62 bits per heavy atom. The van der Waals surface area contributed by atoms with Crippen molar-refractivity contribution in [2.24, 2.45) is 0 Å². The molecule has 2 rings (SSSR count). The number of methoxy groups -OCH3 is 2. The van der Waals surface area contributed by atoms with Crippen LogP contribution < -0.4 is 9.47 Å². The van der Waals surface area contributed by atoms with Crippen LogP contribution in [0.1, 0.15) is 32.2 Å². The minimum absolute atomic E-state index is 0.392. The van der Waals surface area contributed by atoms with Crippen LogP contribution in [0, 0.1) is 0 Å². The van der Waals surface area contributed by atoms with Crippen LogP contribution in [0.4, 0.5) is 0 Å². The lowest BCUT2D eigenvalue weighted by atomic mass is 10.3. The van der Waals surface area contributed by atoms with Gasteiger partial charge in [-0.3, -0.25) is 0 Å². The van der Waals surface area contributed by atoms with Crippen LogP contribution in [0.5, 0.6) is 11.5 Å². The largest absolute Gasteiger partial charge is 0.492 e. The molecule has 0 aromatic carbocycles. The quantitative estimate of drug-likeness (QED) is 0.496. The van der Waals surface area contributed by atoms with E-state index in [0.717, 1.165) is 12.8 Å². The summed E-state index contributed by atoms with van der Waals surface area (Å²) in [6.07, 6.45) is 1.52. The molecular weight excluding hydrogens is 352 g/mol. The van der Waals surface area contributed by atoms with Crippen LogP contribution in [-0.4, -0.2) is 39.4 Å². The van der Waals surface area contributed by atoms with Crippen molar-refractivity contribution in [3.8, 4) is 11.5 Å². The van der Waals surface area contributed by atoms with E-state index in [2.05, 4.69) is 0 Å². The normalized spacial score (nSPS) is 10.2. The summed E-state index contributed by atoms with van der Waals surface area (Å²) in [7, 11) is 2.69. The van der Waals surface area contributed by atoms with Gasteiger partial charge in [0.25, 0.3) is 0 Å². The molecule has 0 saturated carbocycles. The molecule has 0 radical (unpaired) electrons. The molecule has 0 N–H and O–H groups in total. The van der Waals surface area contributed by atoms with Gasteiger partial charge >= 0.3 is 11.9 Å². The summed E-state index contributed by atoms with van der Waals surface area (Å²) in [5.41, 5.74) is 0. The van der Waals surface area contributed by atoms with Crippen molar-refractivity contribution in [3.63, 3.8) is 0 Å². The van der Waals surface area contributed by atoms with Crippen molar-refractivity contribution >= 4 is 34.6 Å². The zero-order chi connectivity index (χ0) is 17.4. The second kappa shape index (κ2) is 9.29. The van der Waals surface area contributed by atoms with Gasteiger partial charge in [0.05, 0.1) is 27.4 Å². The van der Waals surface area contributed by atoms with Crippen LogP contribution in [-0.2, 0) is 9.47 Å². The van der Waals surface area contributed by atoms with Crippen LogP contribution in [0.3, 0.4) is 0 Å². The van der Waals surface area contributed by atoms with E-state index >= 15 is 0 Å². The van der Waals surface area contributed by atoms with Crippen molar-refractivity contribution in [1.82, 2.24) is 0 Å². The highest BCUT2D eigenvalue weighted by molar-refractivity contribution is 7.12. The number of hydrogen-bond acceptors (Lipinski definition) is 8. The molecule has 0 saturated heterocycles.